The first-order chi connectivity index (χ1) is 13.3. The van der Waals surface area contributed by atoms with Crippen molar-refractivity contribution in [2.24, 2.45) is 0 Å². The van der Waals surface area contributed by atoms with Crippen LogP contribution >= 0.6 is 0 Å². The van der Waals surface area contributed by atoms with Crippen molar-refractivity contribution in [2.45, 2.75) is 129 Å². The summed E-state index contributed by atoms with van der Waals surface area (Å²) in [6.07, 6.45) is 27.9. The summed E-state index contributed by atoms with van der Waals surface area (Å²) in [5.41, 5.74) is 0. The van der Waals surface area contributed by atoms with Crippen LogP contribution in [0, 0.1) is 11.8 Å². The van der Waals surface area contributed by atoms with Crippen molar-refractivity contribution in [1.29, 1.82) is 0 Å². The number of carbonyl (C=O) groups is 1. The van der Waals surface area contributed by atoms with E-state index in [1.54, 1.807) is 0 Å². The minimum atomic E-state index is -0.766. The summed E-state index contributed by atoms with van der Waals surface area (Å²) >= 11 is 0. The monoisotopic (exact) mass is 376 g/mol. The smallest absolute Gasteiger partial charge is 0.304 e. The first-order valence-electron chi connectivity index (χ1n) is 11.6. The molecule has 27 heavy (non-hydrogen) atoms. The second kappa shape index (κ2) is 22.8. The van der Waals surface area contributed by atoms with Crippen LogP contribution in [0.1, 0.15) is 129 Å². The zero-order valence-corrected chi connectivity index (χ0v) is 17.9. The van der Waals surface area contributed by atoms with Crippen molar-refractivity contribution in [1.82, 2.24) is 0 Å². The molecule has 0 aliphatic rings. The SMILES string of the molecule is CCCCCCCCCCCCCCCC/C=C\CCC#CCCC(=O)O. The summed E-state index contributed by atoms with van der Waals surface area (Å²) in [5.74, 6) is 5.17. The number of carboxylic acid groups (broad SMARTS) is 1. The summed E-state index contributed by atoms with van der Waals surface area (Å²) in [7, 11) is 0. The van der Waals surface area contributed by atoms with Crippen LogP contribution < -0.4 is 0 Å². The second-order valence-electron chi connectivity index (χ2n) is 7.64. The Morgan fingerprint density at radius 2 is 1.11 bits per heavy atom. The highest BCUT2D eigenvalue weighted by Crippen LogP contribution is 2.13. The average molecular weight is 377 g/mol. The molecule has 0 saturated heterocycles. The molecule has 2 nitrogen and oxygen atoms in total. The molecular weight excluding hydrogens is 332 g/mol. The molecular formula is C25H44O2. The number of carboxylic acids is 1. The third-order valence-electron chi connectivity index (χ3n) is 4.92. The Bertz CT molecular complexity index is 400. The third-order valence-corrected chi connectivity index (χ3v) is 4.92. The zero-order valence-electron chi connectivity index (χ0n) is 17.9. The number of unbranched alkanes of at least 4 members (excludes halogenated alkanes) is 15. The highest BCUT2D eigenvalue weighted by atomic mass is 16.4. The van der Waals surface area contributed by atoms with Crippen LogP contribution in [0.25, 0.3) is 0 Å². The number of hydrogen-bond donors (Lipinski definition) is 1. The van der Waals surface area contributed by atoms with Crippen LogP contribution in [0.5, 0.6) is 0 Å². The lowest BCUT2D eigenvalue weighted by molar-refractivity contribution is -0.136. The molecule has 0 amide bonds. The number of rotatable bonds is 19. The fourth-order valence-electron chi connectivity index (χ4n) is 3.19. The van der Waals surface area contributed by atoms with Gasteiger partial charge in [-0.1, -0.05) is 103 Å². The van der Waals surface area contributed by atoms with E-state index in [4.69, 9.17) is 5.11 Å². The van der Waals surface area contributed by atoms with E-state index in [9.17, 15) is 4.79 Å². The van der Waals surface area contributed by atoms with Crippen molar-refractivity contribution in [3.05, 3.63) is 12.2 Å². The van der Waals surface area contributed by atoms with Gasteiger partial charge in [-0.05, 0) is 19.3 Å². The van der Waals surface area contributed by atoms with Crippen LogP contribution in [-0.4, -0.2) is 11.1 Å². The van der Waals surface area contributed by atoms with Gasteiger partial charge in [-0.3, -0.25) is 4.79 Å². The molecule has 0 radical (unpaired) electrons. The molecule has 0 aliphatic heterocycles. The van der Waals surface area contributed by atoms with E-state index in [-0.39, 0.29) is 6.42 Å². The first kappa shape index (κ1) is 25.8. The molecule has 0 rings (SSSR count). The molecule has 0 aromatic heterocycles. The highest BCUT2D eigenvalue weighted by Gasteiger charge is 1.94. The summed E-state index contributed by atoms with van der Waals surface area (Å²) in [5, 5.41) is 8.50. The van der Waals surface area contributed by atoms with Crippen molar-refractivity contribution < 1.29 is 9.90 Å². The lowest BCUT2D eigenvalue weighted by atomic mass is 10.0. The summed E-state index contributed by atoms with van der Waals surface area (Å²) in [6.45, 7) is 2.28. The standard InChI is InChI=1S/C25H44O2/c1-2-3-4-5-6-7-8-9-10-11-12-13-14-15-16-17-18-19-20-21-22-23-24-25(26)27/h17-18H,2-16,19-20,23-24H2,1H3,(H,26,27)/b18-17-. The Morgan fingerprint density at radius 3 is 1.63 bits per heavy atom. The predicted molar refractivity (Wildman–Crippen MR) is 118 cm³/mol. The van der Waals surface area contributed by atoms with E-state index in [1.807, 2.05) is 0 Å². The van der Waals surface area contributed by atoms with E-state index in [2.05, 4.69) is 30.9 Å². The molecule has 2 heteroatoms. The van der Waals surface area contributed by atoms with Crippen LogP contribution in [0.4, 0.5) is 0 Å². The minimum Gasteiger partial charge on any atom is -0.481 e. The van der Waals surface area contributed by atoms with E-state index < -0.39 is 5.97 Å². The predicted octanol–water partition coefficient (Wildman–Crippen LogP) is 8.06. The molecule has 0 fully saturated rings. The van der Waals surface area contributed by atoms with E-state index in [0.29, 0.717) is 6.42 Å². The van der Waals surface area contributed by atoms with Gasteiger partial charge in [0.2, 0.25) is 0 Å². The van der Waals surface area contributed by atoms with Gasteiger partial charge < -0.3 is 5.11 Å². The maximum Gasteiger partial charge on any atom is 0.304 e. The molecule has 0 aromatic rings. The molecule has 0 bridgehead atoms. The van der Waals surface area contributed by atoms with Crippen LogP contribution in [-0.2, 0) is 4.79 Å². The Labute approximate surface area is 169 Å². The third kappa shape index (κ3) is 24.8. The van der Waals surface area contributed by atoms with E-state index in [1.165, 1.54) is 96.3 Å². The van der Waals surface area contributed by atoms with Gasteiger partial charge in [0.15, 0.2) is 0 Å². The lowest BCUT2D eigenvalue weighted by Crippen LogP contribution is -1.91. The van der Waals surface area contributed by atoms with Crippen molar-refractivity contribution in [2.75, 3.05) is 0 Å². The van der Waals surface area contributed by atoms with E-state index >= 15 is 0 Å². The van der Waals surface area contributed by atoms with Gasteiger partial charge in [0.25, 0.3) is 0 Å². The van der Waals surface area contributed by atoms with Crippen LogP contribution in [0.2, 0.25) is 0 Å². The van der Waals surface area contributed by atoms with Crippen molar-refractivity contribution >= 4 is 5.97 Å². The molecule has 0 spiro atoms. The van der Waals surface area contributed by atoms with Crippen molar-refractivity contribution in [3.63, 3.8) is 0 Å². The lowest BCUT2D eigenvalue weighted by Gasteiger charge is -2.02. The van der Waals surface area contributed by atoms with Gasteiger partial charge in [0.05, 0.1) is 6.42 Å². The largest absolute Gasteiger partial charge is 0.481 e. The number of aliphatic carboxylic acids is 1. The zero-order chi connectivity index (χ0) is 19.8. The Hall–Kier alpha value is -1.23. The van der Waals surface area contributed by atoms with Gasteiger partial charge in [-0.25, -0.2) is 0 Å². The molecule has 1 N–H and O–H groups in total. The van der Waals surface area contributed by atoms with Crippen LogP contribution in [0.3, 0.4) is 0 Å². The topological polar surface area (TPSA) is 37.3 Å². The first-order valence-corrected chi connectivity index (χ1v) is 11.6. The molecule has 0 aromatic carbocycles. The Morgan fingerprint density at radius 1 is 0.667 bits per heavy atom. The number of allylic oxidation sites excluding steroid dienone is 2. The summed E-state index contributed by atoms with van der Waals surface area (Å²) in [4.78, 5) is 10.3. The highest BCUT2D eigenvalue weighted by molar-refractivity contribution is 5.66. The summed E-state index contributed by atoms with van der Waals surface area (Å²) in [6, 6.07) is 0. The minimum absolute atomic E-state index is 0.155. The van der Waals surface area contributed by atoms with Gasteiger partial charge in [-0.15, -0.1) is 11.8 Å². The number of hydrogen-bond acceptors (Lipinski definition) is 1. The van der Waals surface area contributed by atoms with Gasteiger partial charge in [0.1, 0.15) is 0 Å². The fraction of sp³-hybridized carbons (Fsp3) is 0.800. The van der Waals surface area contributed by atoms with E-state index in [0.717, 1.165) is 12.8 Å². The van der Waals surface area contributed by atoms with Gasteiger partial charge in [-0.2, -0.15) is 0 Å². The van der Waals surface area contributed by atoms with Crippen molar-refractivity contribution in [3.8, 4) is 11.8 Å². The molecule has 156 valence electrons. The average Bonchev–Trinajstić information content (AvgIpc) is 2.65. The molecule has 0 atom stereocenters. The molecule has 0 unspecified atom stereocenters. The maximum absolute atomic E-state index is 10.3. The van der Waals surface area contributed by atoms with Gasteiger partial charge >= 0.3 is 5.97 Å². The summed E-state index contributed by atoms with van der Waals surface area (Å²) < 4.78 is 0. The normalized spacial score (nSPS) is 10.9. The molecule has 0 heterocycles. The fourth-order valence-corrected chi connectivity index (χ4v) is 3.19. The van der Waals surface area contributed by atoms with Gasteiger partial charge in [0, 0.05) is 12.8 Å². The Kier molecular flexibility index (Phi) is 21.8. The molecule has 0 aliphatic carbocycles. The second-order valence-corrected chi connectivity index (χ2v) is 7.64. The quantitative estimate of drug-likeness (QED) is 0.141. The maximum atomic E-state index is 10.3. The van der Waals surface area contributed by atoms with Crippen LogP contribution in [0.15, 0.2) is 12.2 Å². The molecule has 0 saturated carbocycles. The Balaban J connectivity index is 3.15.